The molecule has 88 valence electrons. The molecule has 1 aliphatic rings. The Labute approximate surface area is 94.5 Å². The highest BCUT2D eigenvalue weighted by Crippen LogP contribution is 2.29. The number of nitrogens with zero attached hydrogens (tertiary/aromatic N) is 1. The summed E-state index contributed by atoms with van der Waals surface area (Å²) in [6.07, 6.45) is 7.49. The van der Waals surface area contributed by atoms with Crippen LogP contribution in [0.3, 0.4) is 0 Å². The molecule has 1 fully saturated rings. The van der Waals surface area contributed by atoms with E-state index in [0.29, 0.717) is 0 Å². The van der Waals surface area contributed by atoms with E-state index >= 15 is 0 Å². The molecule has 0 aromatic heterocycles. The lowest BCUT2D eigenvalue weighted by atomic mass is 9.79. The maximum atomic E-state index is 5.85. The maximum absolute atomic E-state index is 5.85. The third-order valence-electron chi connectivity index (χ3n) is 3.70. The Hall–Kier alpha value is -0.340. The van der Waals surface area contributed by atoms with Gasteiger partial charge in [-0.2, -0.15) is 0 Å². The molecule has 2 atom stereocenters. The van der Waals surface area contributed by atoms with Crippen molar-refractivity contribution in [2.45, 2.75) is 32.6 Å². The normalized spacial score (nSPS) is 26.9. The first-order chi connectivity index (χ1) is 7.31. The monoisotopic (exact) mass is 210 g/mol. The van der Waals surface area contributed by atoms with Gasteiger partial charge in [-0.15, -0.1) is 6.58 Å². The van der Waals surface area contributed by atoms with Gasteiger partial charge in [0.1, 0.15) is 0 Å². The molecule has 0 saturated heterocycles. The Morgan fingerprint density at radius 1 is 1.33 bits per heavy atom. The van der Waals surface area contributed by atoms with Crippen LogP contribution in [0.1, 0.15) is 32.6 Å². The average Bonchev–Trinajstić information content (AvgIpc) is 2.29. The third-order valence-corrected chi connectivity index (χ3v) is 3.70. The van der Waals surface area contributed by atoms with Crippen LogP contribution in [-0.4, -0.2) is 31.1 Å². The van der Waals surface area contributed by atoms with Gasteiger partial charge in [0, 0.05) is 13.1 Å². The van der Waals surface area contributed by atoms with Crippen molar-refractivity contribution in [3.05, 3.63) is 12.7 Å². The molecule has 0 radical (unpaired) electrons. The first kappa shape index (κ1) is 12.7. The highest BCUT2D eigenvalue weighted by atomic mass is 15.1. The molecule has 0 heterocycles. The van der Waals surface area contributed by atoms with E-state index in [1.807, 2.05) is 6.08 Å². The molecular formula is C13H26N2. The van der Waals surface area contributed by atoms with Gasteiger partial charge in [-0.1, -0.05) is 25.8 Å². The van der Waals surface area contributed by atoms with E-state index in [0.717, 1.165) is 31.5 Å². The first-order valence-corrected chi connectivity index (χ1v) is 6.35. The minimum atomic E-state index is 0.762. The summed E-state index contributed by atoms with van der Waals surface area (Å²) in [5, 5.41) is 0. The summed E-state index contributed by atoms with van der Waals surface area (Å²) in [5.41, 5.74) is 5.85. The fourth-order valence-electron chi connectivity index (χ4n) is 2.68. The molecule has 0 aromatic carbocycles. The van der Waals surface area contributed by atoms with Crippen molar-refractivity contribution in [3.63, 3.8) is 0 Å². The van der Waals surface area contributed by atoms with Gasteiger partial charge in [-0.05, 0) is 37.8 Å². The first-order valence-electron chi connectivity index (χ1n) is 6.35. The van der Waals surface area contributed by atoms with Crippen LogP contribution < -0.4 is 5.73 Å². The summed E-state index contributed by atoms with van der Waals surface area (Å²) in [6, 6.07) is 0. The standard InChI is InChI=1S/C13H26N2/c1-3-9-15(4-2)11-13-8-6-5-7-12(13)10-14/h3,12-13H,1,4-11,14H2,2H3. The number of likely N-dealkylation sites (N-methyl/N-ethyl adjacent to an activating group) is 1. The SMILES string of the molecule is C=CCN(CC)CC1CCCCC1CN. The Balaban J connectivity index is 2.41. The number of hydrogen-bond donors (Lipinski definition) is 1. The number of rotatable bonds is 6. The van der Waals surface area contributed by atoms with Crippen LogP contribution in [0.5, 0.6) is 0 Å². The fraction of sp³-hybridized carbons (Fsp3) is 0.846. The quantitative estimate of drug-likeness (QED) is 0.681. The van der Waals surface area contributed by atoms with Crippen LogP contribution >= 0.6 is 0 Å². The Bertz CT molecular complexity index is 179. The molecule has 2 N–H and O–H groups in total. The van der Waals surface area contributed by atoms with E-state index in [4.69, 9.17) is 5.73 Å². The molecule has 0 bridgehead atoms. The van der Waals surface area contributed by atoms with Gasteiger partial charge in [0.2, 0.25) is 0 Å². The second-order valence-electron chi connectivity index (χ2n) is 4.68. The van der Waals surface area contributed by atoms with E-state index in [2.05, 4.69) is 18.4 Å². The van der Waals surface area contributed by atoms with Gasteiger partial charge in [-0.25, -0.2) is 0 Å². The molecule has 15 heavy (non-hydrogen) atoms. The van der Waals surface area contributed by atoms with Gasteiger partial charge in [0.05, 0.1) is 0 Å². The molecule has 0 spiro atoms. The fourth-order valence-corrected chi connectivity index (χ4v) is 2.68. The van der Waals surface area contributed by atoms with E-state index < -0.39 is 0 Å². The Kier molecular flexibility index (Phi) is 5.96. The predicted molar refractivity (Wildman–Crippen MR) is 66.8 cm³/mol. The lowest BCUT2D eigenvalue weighted by Gasteiger charge is -2.34. The van der Waals surface area contributed by atoms with Crippen molar-refractivity contribution >= 4 is 0 Å². The Morgan fingerprint density at radius 3 is 2.53 bits per heavy atom. The highest BCUT2D eigenvalue weighted by Gasteiger charge is 2.24. The van der Waals surface area contributed by atoms with Gasteiger partial charge in [0.25, 0.3) is 0 Å². The van der Waals surface area contributed by atoms with Gasteiger partial charge in [0.15, 0.2) is 0 Å². The van der Waals surface area contributed by atoms with Crippen molar-refractivity contribution in [2.24, 2.45) is 17.6 Å². The van der Waals surface area contributed by atoms with Crippen LogP contribution in [0.25, 0.3) is 0 Å². The summed E-state index contributed by atoms with van der Waals surface area (Å²) >= 11 is 0. The van der Waals surface area contributed by atoms with E-state index in [1.165, 1.54) is 32.2 Å². The predicted octanol–water partition coefficient (Wildman–Crippen LogP) is 2.26. The lowest BCUT2D eigenvalue weighted by Crippen LogP contribution is -2.37. The van der Waals surface area contributed by atoms with Crippen molar-refractivity contribution in [1.29, 1.82) is 0 Å². The van der Waals surface area contributed by atoms with Crippen LogP contribution in [0.2, 0.25) is 0 Å². The zero-order valence-electron chi connectivity index (χ0n) is 10.1. The summed E-state index contributed by atoms with van der Waals surface area (Å²) < 4.78 is 0. The molecule has 2 heteroatoms. The third kappa shape index (κ3) is 3.96. The average molecular weight is 210 g/mol. The molecule has 2 nitrogen and oxygen atoms in total. The highest BCUT2D eigenvalue weighted by molar-refractivity contribution is 4.81. The molecule has 0 amide bonds. The summed E-state index contributed by atoms with van der Waals surface area (Å²) in [5.74, 6) is 1.58. The topological polar surface area (TPSA) is 29.3 Å². The van der Waals surface area contributed by atoms with E-state index in [-0.39, 0.29) is 0 Å². The molecular weight excluding hydrogens is 184 g/mol. The Morgan fingerprint density at radius 2 is 2.00 bits per heavy atom. The van der Waals surface area contributed by atoms with Crippen molar-refractivity contribution < 1.29 is 0 Å². The van der Waals surface area contributed by atoms with Gasteiger partial charge >= 0.3 is 0 Å². The smallest absolute Gasteiger partial charge is 0.0160 e. The minimum absolute atomic E-state index is 0.762. The minimum Gasteiger partial charge on any atom is -0.330 e. The summed E-state index contributed by atoms with van der Waals surface area (Å²) in [6.45, 7) is 10.3. The second-order valence-corrected chi connectivity index (χ2v) is 4.68. The van der Waals surface area contributed by atoms with Crippen molar-refractivity contribution in [1.82, 2.24) is 4.90 Å². The summed E-state index contributed by atoms with van der Waals surface area (Å²) in [7, 11) is 0. The molecule has 1 saturated carbocycles. The van der Waals surface area contributed by atoms with Gasteiger partial charge in [-0.3, -0.25) is 4.90 Å². The molecule has 1 aliphatic carbocycles. The lowest BCUT2D eigenvalue weighted by molar-refractivity contribution is 0.168. The van der Waals surface area contributed by atoms with E-state index in [9.17, 15) is 0 Å². The van der Waals surface area contributed by atoms with Gasteiger partial charge < -0.3 is 5.73 Å². The summed E-state index contributed by atoms with van der Waals surface area (Å²) in [4.78, 5) is 2.48. The van der Waals surface area contributed by atoms with Crippen LogP contribution in [0.15, 0.2) is 12.7 Å². The van der Waals surface area contributed by atoms with Crippen molar-refractivity contribution in [2.75, 3.05) is 26.2 Å². The zero-order chi connectivity index (χ0) is 11.1. The van der Waals surface area contributed by atoms with E-state index in [1.54, 1.807) is 0 Å². The molecule has 2 unspecified atom stereocenters. The number of hydrogen-bond acceptors (Lipinski definition) is 2. The zero-order valence-corrected chi connectivity index (χ0v) is 10.1. The van der Waals surface area contributed by atoms with Crippen molar-refractivity contribution in [3.8, 4) is 0 Å². The number of nitrogens with two attached hydrogens (primary N) is 1. The molecule has 1 rings (SSSR count). The van der Waals surface area contributed by atoms with Crippen LogP contribution in [0, 0.1) is 11.8 Å². The molecule has 0 aliphatic heterocycles. The molecule has 0 aromatic rings. The largest absolute Gasteiger partial charge is 0.330 e. The second kappa shape index (κ2) is 7.02. The maximum Gasteiger partial charge on any atom is 0.0160 e. The van der Waals surface area contributed by atoms with Crippen LogP contribution in [-0.2, 0) is 0 Å². The van der Waals surface area contributed by atoms with Crippen LogP contribution in [0.4, 0.5) is 0 Å².